The lowest BCUT2D eigenvalue weighted by molar-refractivity contribution is 0.271. The standard InChI is InChI=1S/C15H20N4O3S/c1-15(6-7-15)23(21,22)18-9-4-11(5-10-18)19-13-12(17-14(19)20)3-2-8-16-13/h2-3,8,11H,4-7,9-10H2,1H3,(H,17,20). The molecule has 2 fully saturated rings. The van der Waals surface area contributed by atoms with Crippen molar-refractivity contribution in [2.24, 2.45) is 0 Å². The molecule has 1 aliphatic heterocycles. The topological polar surface area (TPSA) is 88.1 Å². The number of aromatic nitrogens is 3. The Kier molecular flexibility index (Phi) is 3.18. The monoisotopic (exact) mass is 336 g/mol. The summed E-state index contributed by atoms with van der Waals surface area (Å²) < 4.78 is 27.9. The van der Waals surface area contributed by atoms with E-state index in [4.69, 9.17) is 0 Å². The molecule has 0 aromatic carbocycles. The van der Waals surface area contributed by atoms with Crippen LogP contribution in [-0.4, -0.2) is 45.1 Å². The average molecular weight is 336 g/mol. The summed E-state index contributed by atoms with van der Waals surface area (Å²) in [6, 6.07) is 3.60. The maximum absolute atomic E-state index is 12.6. The number of fused-ring (bicyclic) bond motifs is 1. The lowest BCUT2D eigenvalue weighted by atomic mass is 10.1. The summed E-state index contributed by atoms with van der Waals surface area (Å²) >= 11 is 0. The normalized spacial score (nSPS) is 22.5. The van der Waals surface area contributed by atoms with Gasteiger partial charge in [-0.1, -0.05) is 0 Å². The first-order valence-electron chi connectivity index (χ1n) is 7.97. The number of aromatic amines is 1. The van der Waals surface area contributed by atoms with E-state index in [1.165, 1.54) is 0 Å². The Morgan fingerprint density at radius 2 is 2.00 bits per heavy atom. The van der Waals surface area contributed by atoms with Gasteiger partial charge >= 0.3 is 5.69 Å². The number of hydrogen-bond acceptors (Lipinski definition) is 4. The van der Waals surface area contributed by atoms with E-state index in [1.54, 1.807) is 21.1 Å². The summed E-state index contributed by atoms with van der Waals surface area (Å²) in [5.74, 6) is 0. The first kappa shape index (κ1) is 14.9. The Labute approximate surface area is 134 Å². The van der Waals surface area contributed by atoms with Gasteiger partial charge in [-0.25, -0.2) is 22.5 Å². The molecule has 2 aromatic rings. The van der Waals surface area contributed by atoms with Gasteiger partial charge in [-0.05, 0) is 44.7 Å². The molecule has 1 saturated heterocycles. The van der Waals surface area contributed by atoms with E-state index in [2.05, 4.69) is 9.97 Å². The molecule has 1 saturated carbocycles. The fourth-order valence-corrected chi connectivity index (χ4v) is 5.32. The second-order valence-electron chi connectivity index (χ2n) is 6.76. The minimum Gasteiger partial charge on any atom is -0.304 e. The summed E-state index contributed by atoms with van der Waals surface area (Å²) in [5, 5.41) is 0. The van der Waals surface area contributed by atoms with E-state index in [9.17, 15) is 13.2 Å². The van der Waals surface area contributed by atoms with E-state index in [1.807, 2.05) is 13.0 Å². The Bertz CT molecular complexity index is 902. The Morgan fingerprint density at radius 1 is 1.30 bits per heavy atom. The largest absolute Gasteiger partial charge is 0.327 e. The highest BCUT2D eigenvalue weighted by Crippen LogP contribution is 2.45. The molecular weight excluding hydrogens is 316 g/mol. The molecule has 124 valence electrons. The van der Waals surface area contributed by atoms with Crippen molar-refractivity contribution in [2.45, 2.75) is 43.4 Å². The summed E-state index contributed by atoms with van der Waals surface area (Å²) in [6.45, 7) is 2.76. The second kappa shape index (κ2) is 4.91. The van der Waals surface area contributed by atoms with Crippen molar-refractivity contribution in [3.8, 4) is 0 Å². The number of imidazole rings is 1. The van der Waals surface area contributed by atoms with Gasteiger partial charge in [0.05, 0.1) is 10.3 Å². The molecule has 0 bridgehead atoms. The van der Waals surface area contributed by atoms with Gasteiger partial charge in [-0.15, -0.1) is 0 Å². The van der Waals surface area contributed by atoms with Crippen molar-refractivity contribution < 1.29 is 8.42 Å². The van der Waals surface area contributed by atoms with Crippen molar-refractivity contribution in [1.29, 1.82) is 0 Å². The molecule has 23 heavy (non-hydrogen) atoms. The van der Waals surface area contributed by atoms with E-state index < -0.39 is 14.8 Å². The molecule has 2 aromatic heterocycles. The zero-order chi connectivity index (χ0) is 16.2. The molecule has 8 heteroatoms. The third-order valence-electron chi connectivity index (χ3n) is 5.18. The molecular formula is C15H20N4O3S. The molecule has 0 unspecified atom stereocenters. The minimum atomic E-state index is -3.21. The maximum atomic E-state index is 12.6. The first-order chi connectivity index (χ1) is 10.9. The highest BCUT2D eigenvalue weighted by Gasteiger charge is 2.53. The molecule has 0 spiro atoms. The SMILES string of the molecule is CC1(S(=O)(=O)N2CCC(n3c(=O)[nH]c4cccnc43)CC2)CC1. The number of H-pyrrole nitrogens is 1. The Balaban J connectivity index is 1.58. The maximum Gasteiger partial charge on any atom is 0.327 e. The van der Waals surface area contributed by atoms with Crippen LogP contribution in [0.3, 0.4) is 0 Å². The van der Waals surface area contributed by atoms with E-state index >= 15 is 0 Å². The van der Waals surface area contributed by atoms with Crippen LogP contribution in [0.2, 0.25) is 0 Å². The number of piperidine rings is 1. The predicted octanol–water partition coefficient (Wildman–Crippen LogP) is 1.24. The quantitative estimate of drug-likeness (QED) is 0.913. The van der Waals surface area contributed by atoms with Gasteiger partial charge in [0.25, 0.3) is 0 Å². The predicted molar refractivity (Wildman–Crippen MR) is 86.8 cm³/mol. The van der Waals surface area contributed by atoms with Crippen LogP contribution in [0.1, 0.15) is 38.6 Å². The number of pyridine rings is 1. The number of hydrogen-bond donors (Lipinski definition) is 1. The number of sulfonamides is 1. The minimum absolute atomic E-state index is 0.00962. The van der Waals surface area contributed by atoms with Gasteiger partial charge < -0.3 is 4.98 Å². The summed E-state index contributed by atoms with van der Waals surface area (Å²) in [4.78, 5) is 19.3. The fourth-order valence-electron chi connectivity index (χ4n) is 3.38. The number of rotatable bonds is 3. The molecule has 0 amide bonds. The van der Waals surface area contributed by atoms with Crippen LogP contribution >= 0.6 is 0 Å². The molecule has 4 rings (SSSR count). The summed E-state index contributed by atoms with van der Waals surface area (Å²) in [7, 11) is -3.21. The van der Waals surface area contributed by atoms with Crippen LogP contribution in [0.4, 0.5) is 0 Å². The van der Waals surface area contributed by atoms with Crippen LogP contribution in [0.25, 0.3) is 11.2 Å². The van der Waals surface area contributed by atoms with Gasteiger partial charge in [-0.2, -0.15) is 0 Å². The van der Waals surface area contributed by atoms with Gasteiger partial charge in [0.1, 0.15) is 0 Å². The lowest BCUT2D eigenvalue weighted by Gasteiger charge is -2.33. The van der Waals surface area contributed by atoms with Crippen LogP contribution < -0.4 is 5.69 Å². The van der Waals surface area contributed by atoms with E-state index in [0.717, 1.165) is 18.4 Å². The molecule has 0 atom stereocenters. The lowest BCUT2D eigenvalue weighted by Crippen LogP contribution is -2.44. The molecule has 7 nitrogen and oxygen atoms in total. The van der Waals surface area contributed by atoms with E-state index in [0.29, 0.717) is 31.6 Å². The van der Waals surface area contributed by atoms with Gasteiger partial charge in [0, 0.05) is 25.3 Å². The first-order valence-corrected chi connectivity index (χ1v) is 9.41. The number of nitrogens with zero attached hydrogens (tertiary/aromatic N) is 3. The number of nitrogens with one attached hydrogen (secondary N) is 1. The average Bonchev–Trinajstić information content (AvgIpc) is 3.21. The van der Waals surface area contributed by atoms with Crippen LogP contribution in [0.5, 0.6) is 0 Å². The third-order valence-corrected chi connectivity index (χ3v) is 7.88. The Hall–Kier alpha value is -1.67. The zero-order valence-corrected chi connectivity index (χ0v) is 13.8. The van der Waals surface area contributed by atoms with Crippen LogP contribution in [-0.2, 0) is 10.0 Å². The van der Waals surface area contributed by atoms with Crippen molar-refractivity contribution in [2.75, 3.05) is 13.1 Å². The molecule has 0 radical (unpaired) electrons. The van der Waals surface area contributed by atoms with Crippen molar-refractivity contribution >= 4 is 21.2 Å². The molecule has 2 aliphatic rings. The zero-order valence-electron chi connectivity index (χ0n) is 13.0. The second-order valence-corrected chi connectivity index (χ2v) is 9.21. The van der Waals surface area contributed by atoms with Gasteiger partial charge in [-0.3, -0.25) is 4.57 Å². The molecule has 1 N–H and O–H groups in total. The summed E-state index contributed by atoms with van der Waals surface area (Å²) in [5.41, 5.74) is 1.19. The Morgan fingerprint density at radius 3 is 2.65 bits per heavy atom. The third kappa shape index (κ3) is 2.23. The highest BCUT2D eigenvalue weighted by molar-refractivity contribution is 7.90. The van der Waals surface area contributed by atoms with Gasteiger partial charge in [0.2, 0.25) is 10.0 Å². The molecule has 1 aliphatic carbocycles. The molecule has 3 heterocycles. The van der Waals surface area contributed by atoms with Crippen LogP contribution in [0.15, 0.2) is 23.1 Å². The van der Waals surface area contributed by atoms with Crippen molar-refractivity contribution in [3.63, 3.8) is 0 Å². The smallest absolute Gasteiger partial charge is 0.304 e. The summed E-state index contributed by atoms with van der Waals surface area (Å²) in [6.07, 6.45) is 4.44. The fraction of sp³-hybridized carbons (Fsp3) is 0.600. The highest BCUT2D eigenvalue weighted by atomic mass is 32.2. The van der Waals surface area contributed by atoms with Crippen molar-refractivity contribution in [1.82, 2.24) is 18.8 Å². The van der Waals surface area contributed by atoms with Gasteiger partial charge in [0.15, 0.2) is 5.65 Å². The van der Waals surface area contributed by atoms with E-state index in [-0.39, 0.29) is 11.7 Å². The van der Waals surface area contributed by atoms with Crippen LogP contribution in [0, 0.1) is 0 Å². The van der Waals surface area contributed by atoms with Crippen molar-refractivity contribution in [3.05, 3.63) is 28.8 Å².